The molecule has 0 saturated heterocycles. The highest BCUT2D eigenvalue weighted by Gasteiger charge is 2.38. The molecular weight excluding hydrogens is 406 g/mol. The van der Waals surface area contributed by atoms with E-state index >= 15 is 0 Å². The van der Waals surface area contributed by atoms with Crippen molar-refractivity contribution in [3.63, 3.8) is 0 Å². The molecule has 7 heteroatoms. The van der Waals surface area contributed by atoms with Gasteiger partial charge in [0.25, 0.3) is 0 Å². The van der Waals surface area contributed by atoms with Gasteiger partial charge in [0.2, 0.25) is 0 Å². The number of nitrogens with zero attached hydrogens (tertiary/aromatic N) is 3. The third-order valence-electron chi connectivity index (χ3n) is 5.80. The molecule has 0 heterocycles. The number of ether oxygens (including phenoxy) is 1. The van der Waals surface area contributed by atoms with Crippen LogP contribution in [0.15, 0.2) is 47.6 Å². The molecule has 0 aromatic heterocycles. The third-order valence-corrected chi connectivity index (χ3v) is 10.3. The predicted octanol–water partition coefficient (Wildman–Crippen LogP) is 7.44. The van der Waals surface area contributed by atoms with Gasteiger partial charge < -0.3 is 9.16 Å². The van der Waals surface area contributed by atoms with Gasteiger partial charge in [-0.2, -0.15) is 0 Å². The Morgan fingerprint density at radius 2 is 1.87 bits per heavy atom. The molecule has 0 aliphatic rings. The van der Waals surface area contributed by atoms with Gasteiger partial charge in [-0.3, -0.25) is 0 Å². The third kappa shape index (κ3) is 9.72. The fourth-order valence-electron chi connectivity index (χ4n) is 2.70. The molecule has 1 aromatic carbocycles. The first-order chi connectivity index (χ1) is 14.6. The lowest BCUT2D eigenvalue weighted by Crippen LogP contribution is -2.44. The zero-order valence-electron chi connectivity index (χ0n) is 20.0. The van der Waals surface area contributed by atoms with Crippen LogP contribution in [0.2, 0.25) is 18.1 Å². The number of hydrogen-bond acceptors (Lipinski definition) is 4. The molecule has 0 fully saturated rings. The Morgan fingerprint density at radius 1 is 1.19 bits per heavy atom. The summed E-state index contributed by atoms with van der Waals surface area (Å²) in [5.41, 5.74) is 9.61. The molecule has 6 nitrogen and oxygen atoms in total. The van der Waals surface area contributed by atoms with Crippen LogP contribution >= 0.6 is 0 Å². The van der Waals surface area contributed by atoms with Crippen molar-refractivity contribution in [1.82, 2.24) is 0 Å². The molecule has 0 aliphatic heterocycles. The van der Waals surface area contributed by atoms with Crippen LogP contribution < -0.4 is 0 Å². The molecule has 0 spiro atoms. The number of rotatable bonds is 13. The van der Waals surface area contributed by atoms with Gasteiger partial charge in [0.15, 0.2) is 8.32 Å². The summed E-state index contributed by atoms with van der Waals surface area (Å²) >= 11 is 0. The van der Waals surface area contributed by atoms with Gasteiger partial charge in [-0.15, -0.1) is 0 Å². The summed E-state index contributed by atoms with van der Waals surface area (Å²) in [7, 11) is -2.05. The van der Waals surface area contributed by atoms with Crippen LogP contribution in [-0.2, 0) is 9.16 Å². The van der Waals surface area contributed by atoms with E-state index in [1.165, 1.54) is 19.3 Å². The van der Waals surface area contributed by atoms with E-state index in [0.717, 1.165) is 12.8 Å². The summed E-state index contributed by atoms with van der Waals surface area (Å²) in [4.78, 5) is 15.7. The molecule has 0 radical (unpaired) electrons. The van der Waals surface area contributed by atoms with E-state index in [4.69, 9.17) is 14.7 Å². The normalized spacial score (nSPS) is 14.1. The number of esters is 1. The molecule has 2 atom stereocenters. The maximum absolute atomic E-state index is 12.7. The van der Waals surface area contributed by atoms with Crippen molar-refractivity contribution >= 4 is 14.3 Å². The predicted molar refractivity (Wildman–Crippen MR) is 130 cm³/mol. The van der Waals surface area contributed by atoms with Crippen molar-refractivity contribution in [1.29, 1.82) is 0 Å². The molecule has 31 heavy (non-hydrogen) atoms. The largest absolute Gasteiger partial charge is 0.454 e. The fraction of sp³-hybridized carbons (Fsp3) is 0.625. The molecule has 1 aromatic rings. The average molecular weight is 446 g/mol. The molecule has 0 amide bonds. The number of hydrogen-bond donors (Lipinski definition) is 0. The summed E-state index contributed by atoms with van der Waals surface area (Å²) in [5.74, 6) is -0.438. The maximum atomic E-state index is 12.7. The number of allylic oxidation sites excluding steroid dienone is 1. The maximum Gasteiger partial charge on any atom is 0.338 e. The van der Waals surface area contributed by atoms with Crippen LogP contribution in [0, 0.1) is 0 Å². The van der Waals surface area contributed by atoms with E-state index in [0.29, 0.717) is 5.56 Å². The first kappa shape index (κ1) is 27.0. The van der Waals surface area contributed by atoms with E-state index in [1.807, 2.05) is 18.2 Å². The Hall–Kier alpha value is -2.08. The van der Waals surface area contributed by atoms with Crippen molar-refractivity contribution in [3.8, 4) is 0 Å². The second-order valence-electron chi connectivity index (χ2n) is 9.36. The van der Waals surface area contributed by atoms with E-state index < -0.39 is 26.4 Å². The Kier molecular flexibility index (Phi) is 11.6. The standard InChI is InChI=1S/C24H39N3O3Si/c1-7-8-9-10-11-15-18-22(30-23(28)20-16-13-12-14-17-20)21(26-27-25)19-29-31(5,6)24(2,3)4/h12-18,21-22H,7-11,19H2,1-6H3/t21-,22+/m0/s1. The lowest BCUT2D eigenvalue weighted by Gasteiger charge is -2.37. The van der Waals surface area contributed by atoms with E-state index in [-0.39, 0.29) is 11.6 Å². The minimum absolute atomic E-state index is 0.0270. The summed E-state index contributed by atoms with van der Waals surface area (Å²) in [6, 6.07) is 8.23. The van der Waals surface area contributed by atoms with Gasteiger partial charge in [0, 0.05) is 11.5 Å². The first-order valence-electron chi connectivity index (χ1n) is 11.2. The monoisotopic (exact) mass is 445 g/mol. The second-order valence-corrected chi connectivity index (χ2v) is 14.2. The van der Waals surface area contributed by atoms with E-state index in [1.54, 1.807) is 24.3 Å². The molecular formula is C24H39N3O3Si. The minimum Gasteiger partial charge on any atom is -0.454 e. The van der Waals surface area contributed by atoms with Gasteiger partial charge in [-0.05, 0) is 54.7 Å². The quantitative estimate of drug-likeness (QED) is 0.0601. The van der Waals surface area contributed by atoms with Gasteiger partial charge in [0.1, 0.15) is 12.1 Å². The van der Waals surface area contributed by atoms with Crippen molar-refractivity contribution in [2.24, 2.45) is 5.11 Å². The van der Waals surface area contributed by atoms with Crippen molar-refractivity contribution in [2.45, 2.75) is 90.1 Å². The van der Waals surface area contributed by atoms with Gasteiger partial charge >= 0.3 is 5.97 Å². The van der Waals surface area contributed by atoms with Crippen LogP contribution in [0.5, 0.6) is 0 Å². The Balaban J connectivity index is 2.98. The highest BCUT2D eigenvalue weighted by atomic mass is 28.4. The fourth-order valence-corrected chi connectivity index (χ4v) is 3.72. The van der Waals surface area contributed by atoms with Crippen LogP contribution in [0.3, 0.4) is 0 Å². The van der Waals surface area contributed by atoms with Crippen LogP contribution in [-0.4, -0.2) is 33.0 Å². The SMILES string of the molecule is CCCCCCC=C[C@@H](OC(=O)c1ccccc1)[C@H](CO[Si](C)(C)C(C)(C)C)N=[N+]=[N-]. The van der Waals surface area contributed by atoms with Gasteiger partial charge in [-0.25, -0.2) is 4.79 Å². The minimum atomic E-state index is -2.05. The summed E-state index contributed by atoms with van der Waals surface area (Å²) < 4.78 is 12.1. The van der Waals surface area contributed by atoms with E-state index in [2.05, 4.69) is 50.8 Å². The van der Waals surface area contributed by atoms with Gasteiger partial charge in [-0.1, -0.05) is 76.3 Å². The Morgan fingerprint density at radius 3 is 2.45 bits per heavy atom. The Bertz CT molecular complexity index is 738. The van der Waals surface area contributed by atoms with Crippen molar-refractivity contribution in [2.75, 3.05) is 6.61 Å². The smallest absolute Gasteiger partial charge is 0.338 e. The average Bonchev–Trinajstić information content (AvgIpc) is 2.72. The van der Waals surface area contributed by atoms with Gasteiger partial charge in [0.05, 0.1) is 5.56 Å². The topological polar surface area (TPSA) is 84.3 Å². The molecule has 0 saturated carbocycles. The number of carbonyl (C=O) groups is 1. The summed E-state index contributed by atoms with van der Waals surface area (Å²) in [6.07, 6.45) is 8.73. The summed E-state index contributed by atoms with van der Waals surface area (Å²) in [6.45, 7) is 13.2. The highest BCUT2D eigenvalue weighted by molar-refractivity contribution is 6.74. The van der Waals surface area contributed by atoms with Crippen molar-refractivity contribution in [3.05, 3.63) is 58.5 Å². The molecule has 0 N–H and O–H groups in total. The van der Waals surface area contributed by atoms with E-state index in [9.17, 15) is 4.79 Å². The highest BCUT2D eigenvalue weighted by Crippen LogP contribution is 2.36. The number of carbonyl (C=O) groups excluding carboxylic acids is 1. The molecule has 0 aliphatic carbocycles. The van der Waals surface area contributed by atoms with Crippen LogP contribution in [0.1, 0.15) is 70.2 Å². The Labute approximate surface area is 188 Å². The first-order valence-corrected chi connectivity index (χ1v) is 14.1. The van der Waals surface area contributed by atoms with Crippen LogP contribution in [0.25, 0.3) is 10.4 Å². The number of benzene rings is 1. The lowest BCUT2D eigenvalue weighted by atomic mass is 10.1. The lowest BCUT2D eigenvalue weighted by molar-refractivity contribution is 0.0309. The molecule has 0 bridgehead atoms. The number of azide groups is 1. The second kappa shape index (κ2) is 13.4. The summed E-state index contributed by atoms with van der Waals surface area (Å²) in [5, 5.41) is 3.96. The van der Waals surface area contributed by atoms with Crippen molar-refractivity contribution < 1.29 is 14.0 Å². The molecule has 0 unspecified atom stereocenters. The molecule has 172 valence electrons. The zero-order valence-corrected chi connectivity index (χ0v) is 21.0. The molecule has 1 rings (SSSR count). The number of unbranched alkanes of at least 4 members (excludes halogenated alkanes) is 4. The zero-order chi connectivity index (χ0) is 23.3. The van der Waals surface area contributed by atoms with Crippen LogP contribution in [0.4, 0.5) is 0 Å².